The van der Waals surface area contributed by atoms with Crippen LogP contribution in [0.3, 0.4) is 0 Å². The topological polar surface area (TPSA) is 63.8 Å². The van der Waals surface area contributed by atoms with Gasteiger partial charge >= 0.3 is 0 Å². The SMILES string of the molecule is Cc1cc(C)cc(Nc2nc(N)ncc2C)c1. The second-order valence-electron chi connectivity index (χ2n) is 4.26. The van der Waals surface area contributed by atoms with Crippen molar-refractivity contribution in [2.75, 3.05) is 11.1 Å². The average molecular weight is 228 g/mol. The molecule has 1 aromatic heterocycles. The number of aromatic nitrogens is 2. The Kier molecular flexibility index (Phi) is 2.95. The van der Waals surface area contributed by atoms with Crippen LogP contribution in [0.2, 0.25) is 0 Å². The number of aryl methyl sites for hydroxylation is 3. The van der Waals surface area contributed by atoms with E-state index in [9.17, 15) is 0 Å². The van der Waals surface area contributed by atoms with Crippen LogP contribution in [0.1, 0.15) is 16.7 Å². The van der Waals surface area contributed by atoms with Crippen molar-refractivity contribution in [2.45, 2.75) is 20.8 Å². The zero-order valence-electron chi connectivity index (χ0n) is 10.3. The molecular formula is C13H16N4. The molecule has 0 aliphatic carbocycles. The summed E-state index contributed by atoms with van der Waals surface area (Å²) < 4.78 is 0. The molecule has 17 heavy (non-hydrogen) atoms. The molecule has 2 aromatic rings. The van der Waals surface area contributed by atoms with E-state index in [1.54, 1.807) is 6.20 Å². The fraction of sp³-hybridized carbons (Fsp3) is 0.231. The minimum Gasteiger partial charge on any atom is -0.368 e. The van der Waals surface area contributed by atoms with E-state index < -0.39 is 0 Å². The van der Waals surface area contributed by atoms with Crippen LogP contribution in [-0.2, 0) is 0 Å². The molecular weight excluding hydrogens is 212 g/mol. The number of nitrogens with zero attached hydrogens (tertiary/aromatic N) is 2. The number of hydrogen-bond donors (Lipinski definition) is 2. The van der Waals surface area contributed by atoms with E-state index in [4.69, 9.17) is 5.73 Å². The third-order valence-corrected chi connectivity index (χ3v) is 2.47. The zero-order chi connectivity index (χ0) is 12.4. The lowest BCUT2D eigenvalue weighted by atomic mass is 10.1. The molecule has 2 rings (SSSR count). The zero-order valence-corrected chi connectivity index (χ0v) is 10.3. The third-order valence-electron chi connectivity index (χ3n) is 2.47. The number of nitrogen functional groups attached to an aromatic ring is 1. The predicted octanol–water partition coefficient (Wildman–Crippen LogP) is 2.73. The van der Waals surface area contributed by atoms with Gasteiger partial charge in [0.15, 0.2) is 0 Å². The first-order valence-electron chi connectivity index (χ1n) is 5.49. The van der Waals surface area contributed by atoms with E-state index in [1.165, 1.54) is 11.1 Å². The lowest BCUT2D eigenvalue weighted by Crippen LogP contribution is -2.02. The lowest BCUT2D eigenvalue weighted by Gasteiger charge is -2.10. The van der Waals surface area contributed by atoms with Crippen molar-refractivity contribution in [1.29, 1.82) is 0 Å². The third kappa shape index (κ3) is 2.72. The monoisotopic (exact) mass is 228 g/mol. The Morgan fingerprint density at radius 2 is 1.71 bits per heavy atom. The maximum absolute atomic E-state index is 5.58. The van der Waals surface area contributed by atoms with Crippen LogP contribution in [0.5, 0.6) is 0 Å². The fourth-order valence-corrected chi connectivity index (χ4v) is 1.77. The standard InChI is InChI=1S/C13H16N4/c1-8-4-9(2)6-11(5-8)16-12-10(3)7-15-13(14)17-12/h4-7H,1-3H3,(H3,14,15,16,17). The van der Waals surface area contributed by atoms with Gasteiger partial charge in [0, 0.05) is 17.4 Å². The van der Waals surface area contributed by atoms with Gasteiger partial charge in [-0.15, -0.1) is 0 Å². The molecule has 4 nitrogen and oxygen atoms in total. The highest BCUT2D eigenvalue weighted by Gasteiger charge is 2.03. The summed E-state index contributed by atoms with van der Waals surface area (Å²) in [4.78, 5) is 8.13. The Morgan fingerprint density at radius 1 is 1.06 bits per heavy atom. The molecule has 0 aliphatic rings. The Bertz CT molecular complexity index is 529. The molecule has 0 radical (unpaired) electrons. The molecule has 0 saturated heterocycles. The van der Waals surface area contributed by atoms with Crippen LogP contribution in [0, 0.1) is 20.8 Å². The Labute approximate surface area is 101 Å². The molecule has 0 bridgehead atoms. The summed E-state index contributed by atoms with van der Waals surface area (Å²) in [6, 6.07) is 6.28. The van der Waals surface area contributed by atoms with E-state index >= 15 is 0 Å². The van der Waals surface area contributed by atoms with Crippen LogP contribution in [0.15, 0.2) is 24.4 Å². The summed E-state index contributed by atoms with van der Waals surface area (Å²) in [5.74, 6) is 1.03. The highest BCUT2D eigenvalue weighted by Crippen LogP contribution is 2.20. The number of nitrogens with one attached hydrogen (secondary N) is 1. The molecule has 1 heterocycles. The molecule has 0 unspecified atom stereocenters. The van der Waals surface area contributed by atoms with Crippen molar-refractivity contribution in [3.63, 3.8) is 0 Å². The van der Waals surface area contributed by atoms with Crippen molar-refractivity contribution >= 4 is 17.5 Å². The second-order valence-corrected chi connectivity index (χ2v) is 4.26. The summed E-state index contributed by atoms with van der Waals surface area (Å²) in [5, 5.41) is 3.26. The number of hydrogen-bond acceptors (Lipinski definition) is 4. The summed E-state index contributed by atoms with van der Waals surface area (Å²) >= 11 is 0. The molecule has 3 N–H and O–H groups in total. The molecule has 88 valence electrons. The molecule has 0 atom stereocenters. The van der Waals surface area contributed by atoms with E-state index in [2.05, 4.69) is 47.3 Å². The highest BCUT2D eigenvalue weighted by molar-refractivity contribution is 5.61. The van der Waals surface area contributed by atoms with Gasteiger partial charge in [-0.25, -0.2) is 4.98 Å². The molecule has 0 amide bonds. The summed E-state index contributed by atoms with van der Waals surface area (Å²) in [5.41, 5.74) is 10.00. The molecule has 1 aromatic carbocycles. The molecule has 0 aliphatic heterocycles. The normalized spacial score (nSPS) is 10.3. The van der Waals surface area contributed by atoms with Crippen molar-refractivity contribution in [3.05, 3.63) is 41.1 Å². The first-order chi connectivity index (χ1) is 8.04. The number of nitrogens with two attached hydrogens (primary N) is 1. The van der Waals surface area contributed by atoms with Gasteiger partial charge in [0.25, 0.3) is 0 Å². The quantitative estimate of drug-likeness (QED) is 0.829. The maximum atomic E-state index is 5.58. The number of anilines is 3. The fourth-order valence-electron chi connectivity index (χ4n) is 1.77. The lowest BCUT2D eigenvalue weighted by molar-refractivity contribution is 1.14. The van der Waals surface area contributed by atoms with Gasteiger partial charge in [0.1, 0.15) is 5.82 Å². The van der Waals surface area contributed by atoms with E-state index in [-0.39, 0.29) is 5.95 Å². The van der Waals surface area contributed by atoms with Crippen LogP contribution in [0.25, 0.3) is 0 Å². The molecule has 0 fully saturated rings. The van der Waals surface area contributed by atoms with Gasteiger partial charge in [0.2, 0.25) is 5.95 Å². The van der Waals surface area contributed by atoms with Gasteiger partial charge in [0.05, 0.1) is 0 Å². The summed E-state index contributed by atoms with van der Waals surface area (Å²) in [6.45, 7) is 6.09. The van der Waals surface area contributed by atoms with Crippen molar-refractivity contribution < 1.29 is 0 Å². The second kappa shape index (κ2) is 4.41. The maximum Gasteiger partial charge on any atom is 0.221 e. The highest BCUT2D eigenvalue weighted by atomic mass is 15.1. The number of rotatable bonds is 2. The van der Waals surface area contributed by atoms with Crippen LogP contribution in [0.4, 0.5) is 17.5 Å². The Morgan fingerprint density at radius 3 is 2.35 bits per heavy atom. The van der Waals surface area contributed by atoms with Crippen LogP contribution >= 0.6 is 0 Å². The Hall–Kier alpha value is -2.10. The predicted molar refractivity (Wildman–Crippen MR) is 70.4 cm³/mol. The van der Waals surface area contributed by atoms with Crippen LogP contribution < -0.4 is 11.1 Å². The van der Waals surface area contributed by atoms with E-state index in [0.717, 1.165) is 17.1 Å². The van der Waals surface area contributed by atoms with E-state index in [0.29, 0.717) is 0 Å². The number of benzene rings is 1. The summed E-state index contributed by atoms with van der Waals surface area (Å²) in [7, 11) is 0. The smallest absolute Gasteiger partial charge is 0.221 e. The van der Waals surface area contributed by atoms with Gasteiger partial charge in [-0.1, -0.05) is 6.07 Å². The van der Waals surface area contributed by atoms with Crippen molar-refractivity contribution in [1.82, 2.24) is 9.97 Å². The minimum atomic E-state index is 0.280. The molecule has 4 heteroatoms. The van der Waals surface area contributed by atoms with Gasteiger partial charge in [-0.3, -0.25) is 0 Å². The summed E-state index contributed by atoms with van der Waals surface area (Å²) in [6.07, 6.45) is 1.72. The van der Waals surface area contributed by atoms with Gasteiger partial charge < -0.3 is 11.1 Å². The van der Waals surface area contributed by atoms with E-state index in [1.807, 2.05) is 6.92 Å². The van der Waals surface area contributed by atoms with Gasteiger partial charge in [-0.05, 0) is 44.0 Å². The van der Waals surface area contributed by atoms with Crippen molar-refractivity contribution in [3.8, 4) is 0 Å². The van der Waals surface area contributed by atoms with Crippen molar-refractivity contribution in [2.24, 2.45) is 0 Å². The largest absolute Gasteiger partial charge is 0.368 e. The Balaban J connectivity index is 2.34. The van der Waals surface area contributed by atoms with Gasteiger partial charge in [-0.2, -0.15) is 4.98 Å². The molecule has 0 saturated carbocycles. The first kappa shape index (κ1) is 11.4. The molecule has 0 spiro atoms. The van der Waals surface area contributed by atoms with Crippen LogP contribution in [-0.4, -0.2) is 9.97 Å². The first-order valence-corrected chi connectivity index (χ1v) is 5.49. The minimum absolute atomic E-state index is 0.280. The average Bonchev–Trinajstić information content (AvgIpc) is 2.22.